The van der Waals surface area contributed by atoms with E-state index >= 15 is 0 Å². The molecule has 0 spiro atoms. The summed E-state index contributed by atoms with van der Waals surface area (Å²) in [4.78, 5) is 8.66. The second kappa shape index (κ2) is 7.07. The highest BCUT2D eigenvalue weighted by Crippen LogP contribution is 2.49. The van der Waals surface area contributed by atoms with Crippen LogP contribution in [0.15, 0.2) is 36.9 Å². The number of aromatic nitrogens is 5. The fourth-order valence-corrected chi connectivity index (χ4v) is 3.70. The standard InChI is InChI=1S/C20H22F3N5/c1-13-3-4-17(14(2)9-13)28-19(15-10-16(11-15)20(21,22)23)25-18(26-28)5-7-27-8-6-24-12-27/h3-4,6,8-9,12,15-16H,5,7,10-11H2,1-2H3. The maximum atomic E-state index is 13.0. The first-order valence-electron chi connectivity index (χ1n) is 9.37. The van der Waals surface area contributed by atoms with E-state index in [1.807, 2.05) is 42.8 Å². The zero-order valence-electron chi connectivity index (χ0n) is 15.8. The zero-order valence-corrected chi connectivity index (χ0v) is 15.8. The number of rotatable bonds is 5. The number of hydrogen-bond acceptors (Lipinski definition) is 3. The molecule has 0 bridgehead atoms. The van der Waals surface area contributed by atoms with E-state index in [1.165, 1.54) is 0 Å². The Labute approximate surface area is 161 Å². The van der Waals surface area contributed by atoms with Crippen molar-refractivity contribution in [1.82, 2.24) is 24.3 Å². The van der Waals surface area contributed by atoms with Crippen molar-refractivity contribution in [1.29, 1.82) is 0 Å². The van der Waals surface area contributed by atoms with Crippen LogP contribution in [-0.4, -0.2) is 30.5 Å². The Balaban J connectivity index is 1.63. The molecular formula is C20H22F3N5. The van der Waals surface area contributed by atoms with Gasteiger partial charge in [-0.3, -0.25) is 0 Å². The summed E-state index contributed by atoms with van der Waals surface area (Å²) in [6, 6.07) is 5.99. The van der Waals surface area contributed by atoms with Gasteiger partial charge >= 0.3 is 6.18 Å². The summed E-state index contributed by atoms with van der Waals surface area (Å²) in [5.41, 5.74) is 3.03. The monoisotopic (exact) mass is 389 g/mol. The Morgan fingerprint density at radius 1 is 1.18 bits per heavy atom. The third-order valence-corrected chi connectivity index (χ3v) is 5.38. The van der Waals surface area contributed by atoms with E-state index in [0.29, 0.717) is 24.6 Å². The van der Waals surface area contributed by atoms with E-state index in [2.05, 4.69) is 15.1 Å². The Morgan fingerprint density at radius 3 is 2.61 bits per heavy atom. The molecule has 1 fully saturated rings. The van der Waals surface area contributed by atoms with Gasteiger partial charge in [0.15, 0.2) is 5.82 Å². The third-order valence-electron chi connectivity index (χ3n) is 5.38. The number of aryl methyl sites for hydroxylation is 4. The molecule has 0 saturated heterocycles. The summed E-state index contributed by atoms with van der Waals surface area (Å²) >= 11 is 0. The second-order valence-corrected chi connectivity index (χ2v) is 7.55. The highest BCUT2D eigenvalue weighted by Gasteiger charge is 2.49. The van der Waals surface area contributed by atoms with Gasteiger partial charge in [-0.15, -0.1) is 0 Å². The molecule has 3 aromatic rings. The van der Waals surface area contributed by atoms with Gasteiger partial charge in [0, 0.05) is 31.3 Å². The van der Waals surface area contributed by atoms with Crippen molar-refractivity contribution in [2.45, 2.75) is 51.7 Å². The van der Waals surface area contributed by atoms with Crippen LogP contribution in [0.4, 0.5) is 13.2 Å². The summed E-state index contributed by atoms with van der Waals surface area (Å²) < 4.78 is 42.5. The Hall–Kier alpha value is -2.64. The molecule has 0 unspecified atom stereocenters. The Morgan fingerprint density at radius 2 is 1.96 bits per heavy atom. The van der Waals surface area contributed by atoms with Gasteiger partial charge in [0.25, 0.3) is 0 Å². The van der Waals surface area contributed by atoms with Crippen LogP contribution in [0.2, 0.25) is 0 Å². The van der Waals surface area contributed by atoms with Gasteiger partial charge in [0.1, 0.15) is 5.82 Å². The average Bonchev–Trinajstić information content (AvgIpc) is 3.20. The Kier molecular flexibility index (Phi) is 4.72. The number of nitrogens with zero attached hydrogens (tertiary/aromatic N) is 5. The average molecular weight is 389 g/mol. The molecule has 2 aromatic heterocycles. The van der Waals surface area contributed by atoms with E-state index < -0.39 is 12.1 Å². The van der Waals surface area contributed by atoms with E-state index in [9.17, 15) is 13.2 Å². The maximum Gasteiger partial charge on any atom is 0.391 e. The first kappa shape index (κ1) is 18.7. The zero-order chi connectivity index (χ0) is 19.9. The van der Waals surface area contributed by atoms with Crippen molar-refractivity contribution < 1.29 is 13.2 Å². The highest BCUT2D eigenvalue weighted by molar-refractivity contribution is 5.43. The maximum absolute atomic E-state index is 13.0. The lowest BCUT2D eigenvalue weighted by Crippen LogP contribution is -2.35. The SMILES string of the molecule is Cc1ccc(-n2nc(CCn3ccnc3)nc2C2CC(C(F)(F)F)C2)c(C)c1. The fourth-order valence-electron chi connectivity index (χ4n) is 3.70. The number of benzene rings is 1. The minimum absolute atomic E-state index is 0.0774. The van der Waals surface area contributed by atoms with Crippen molar-refractivity contribution in [3.8, 4) is 5.69 Å². The molecule has 8 heteroatoms. The van der Waals surface area contributed by atoms with Crippen molar-refractivity contribution in [2.24, 2.45) is 5.92 Å². The largest absolute Gasteiger partial charge is 0.391 e. The molecular weight excluding hydrogens is 367 g/mol. The molecule has 2 heterocycles. The van der Waals surface area contributed by atoms with Gasteiger partial charge in [-0.2, -0.15) is 18.3 Å². The van der Waals surface area contributed by atoms with Crippen LogP contribution in [-0.2, 0) is 13.0 Å². The lowest BCUT2D eigenvalue weighted by molar-refractivity contribution is -0.198. The van der Waals surface area contributed by atoms with Gasteiger partial charge in [0.2, 0.25) is 0 Å². The first-order chi connectivity index (χ1) is 13.3. The topological polar surface area (TPSA) is 48.5 Å². The Bertz CT molecular complexity index is 953. The quantitative estimate of drug-likeness (QED) is 0.651. The number of halogens is 3. The fraction of sp³-hybridized carbons (Fsp3) is 0.450. The third kappa shape index (κ3) is 3.68. The molecule has 4 rings (SSSR count). The molecule has 28 heavy (non-hydrogen) atoms. The van der Waals surface area contributed by atoms with Gasteiger partial charge in [-0.05, 0) is 38.3 Å². The van der Waals surface area contributed by atoms with Crippen molar-refractivity contribution >= 4 is 0 Å². The lowest BCUT2D eigenvalue weighted by atomic mass is 9.74. The lowest BCUT2D eigenvalue weighted by Gasteiger charge is -2.35. The molecule has 0 aliphatic heterocycles. The molecule has 0 amide bonds. The van der Waals surface area contributed by atoms with Gasteiger partial charge < -0.3 is 4.57 Å². The van der Waals surface area contributed by atoms with E-state index in [1.54, 1.807) is 17.2 Å². The molecule has 1 aliphatic carbocycles. The van der Waals surface area contributed by atoms with Crippen molar-refractivity contribution in [2.75, 3.05) is 0 Å². The van der Waals surface area contributed by atoms with Gasteiger partial charge in [0.05, 0.1) is 17.9 Å². The first-order valence-corrected chi connectivity index (χ1v) is 9.37. The predicted octanol–water partition coefficient (Wildman–Crippen LogP) is 4.38. The van der Waals surface area contributed by atoms with E-state index in [0.717, 1.165) is 16.8 Å². The van der Waals surface area contributed by atoms with E-state index in [-0.39, 0.29) is 18.8 Å². The summed E-state index contributed by atoms with van der Waals surface area (Å²) in [7, 11) is 0. The highest BCUT2D eigenvalue weighted by atomic mass is 19.4. The molecule has 1 aliphatic rings. The molecule has 0 atom stereocenters. The van der Waals surface area contributed by atoms with Crippen molar-refractivity contribution in [3.05, 3.63) is 59.7 Å². The smallest absolute Gasteiger partial charge is 0.337 e. The van der Waals surface area contributed by atoms with E-state index in [4.69, 9.17) is 0 Å². The number of alkyl halides is 3. The minimum Gasteiger partial charge on any atom is -0.337 e. The number of imidazole rings is 1. The molecule has 148 valence electrons. The van der Waals surface area contributed by atoms with Crippen LogP contribution in [0.25, 0.3) is 5.69 Å². The molecule has 0 radical (unpaired) electrons. The summed E-state index contributed by atoms with van der Waals surface area (Å²) in [5.74, 6) is -0.190. The second-order valence-electron chi connectivity index (χ2n) is 7.55. The summed E-state index contributed by atoms with van der Waals surface area (Å²) in [6.07, 6.45) is 1.91. The van der Waals surface area contributed by atoms with Crippen LogP contribution in [0.5, 0.6) is 0 Å². The summed E-state index contributed by atoms with van der Waals surface area (Å²) in [5, 5.41) is 4.65. The van der Waals surface area contributed by atoms with Crippen LogP contribution < -0.4 is 0 Å². The minimum atomic E-state index is -4.13. The van der Waals surface area contributed by atoms with Crippen LogP contribution >= 0.6 is 0 Å². The number of hydrogen-bond donors (Lipinski definition) is 0. The molecule has 5 nitrogen and oxygen atoms in total. The normalized spacial score (nSPS) is 19.6. The van der Waals surface area contributed by atoms with Gasteiger partial charge in [-0.25, -0.2) is 14.6 Å². The molecule has 0 N–H and O–H groups in total. The van der Waals surface area contributed by atoms with Crippen LogP contribution in [0.1, 0.15) is 41.5 Å². The molecule has 1 aromatic carbocycles. The predicted molar refractivity (Wildman–Crippen MR) is 98.3 cm³/mol. The van der Waals surface area contributed by atoms with Crippen LogP contribution in [0.3, 0.4) is 0 Å². The van der Waals surface area contributed by atoms with Gasteiger partial charge in [-0.1, -0.05) is 17.7 Å². The summed E-state index contributed by atoms with van der Waals surface area (Å²) in [6.45, 7) is 4.67. The molecule has 1 saturated carbocycles. The van der Waals surface area contributed by atoms with Crippen molar-refractivity contribution in [3.63, 3.8) is 0 Å². The van der Waals surface area contributed by atoms with Crippen LogP contribution in [0, 0.1) is 19.8 Å².